The summed E-state index contributed by atoms with van der Waals surface area (Å²) >= 11 is -2.32. The Balaban J connectivity index is 1.29. The molecule has 10 aromatic carbocycles. The van der Waals surface area contributed by atoms with Crippen LogP contribution in [0, 0.1) is 0 Å². The van der Waals surface area contributed by atoms with E-state index in [1.54, 1.807) is 0 Å². The van der Waals surface area contributed by atoms with Gasteiger partial charge in [-0.05, 0) is 0 Å². The molecule has 0 saturated carbocycles. The second-order valence-corrected chi connectivity index (χ2v) is 27.5. The quantitative estimate of drug-likeness (QED) is 0.0926. The number of benzene rings is 10. The molecule has 11 aromatic rings. The van der Waals surface area contributed by atoms with E-state index < -0.39 is 13.3 Å². The first kappa shape index (κ1) is 35.5. The van der Waals surface area contributed by atoms with Crippen molar-refractivity contribution in [3.05, 3.63) is 200 Å². The van der Waals surface area contributed by atoms with Crippen molar-refractivity contribution in [2.24, 2.45) is 0 Å². The molecule has 0 bridgehead atoms. The van der Waals surface area contributed by atoms with Crippen LogP contribution in [0.1, 0.15) is 0 Å². The van der Waals surface area contributed by atoms with E-state index in [0.29, 0.717) is 0 Å². The van der Waals surface area contributed by atoms with Gasteiger partial charge in [0.25, 0.3) is 0 Å². The maximum absolute atomic E-state index is 7.13. The molecule has 0 atom stereocenters. The first-order chi connectivity index (χ1) is 28.9. The molecule has 1 nitrogen and oxygen atoms in total. The van der Waals surface area contributed by atoms with E-state index >= 15 is 0 Å². The summed E-state index contributed by atoms with van der Waals surface area (Å²) in [4.78, 5) is 0. The molecule has 0 unspecified atom stereocenters. The van der Waals surface area contributed by atoms with Gasteiger partial charge in [-0.3, -0.25) is 0 Å². The third kappa shape index (κ3) is 5.99. The summed E-state index contributed by atoms with van der Waals surface area (Å²) in [7, 11) is 0. The van der Waals surface area contributed by atoms with E-state index in [-0.39, 0.29) is 0 Å². The van der Waals surface area contributed by atoms with Crippen molar-refractivity contribution < 1.29 is 4.42 Å². The summed E-state index contributed by atoms with van der Waals surface area (Å²) in [6.45, 7) is 0. The Kier molecular flexibility index (Phi) is 8.42. The molecule has 0 amide bonds. The molecule has 1 aromatic heterocycles. The summed E-state index contributed by atoms with van der Waals surface area (Å²) in [5, 5.41) is 10.9. The van der Waals surface area contributed by atoms with Crippen LogP contribution in [0.2, 0.25) is 17.3 Å². The summed E-state index contributed by atoms with van der Waals surface area (Å²) in [5.41, 5.74) is 11.7. The molecule has 0 spiro atoms. The summed E-state index contributed by atoms with van der Waals surface area (Å²) in [6.07, 6.45) is 0. The summed E-state index contributed by atoms with van der Waals surface area (Å²) in [6, 6.07) is 73.7. The molecule has 0 N–H and O–H groups in total. The minimum absolute atomic E-state index is 0.889. The fourth-order valence-electron chi connectivity index (χ4n) is 9.32. The predicted molar refractivity (Wildman–Crippen MR) is 256 cm³/mol. The SMILES string of the molecule is [CH3][Ge]([CH3])([CH3])[c]1ccc2c(-c3c(-c4cc5ccccc5c5ccccc45)oc4ccccc34)c3ccccc3c(-c3cc(-c4ccccc4)cc(-c4ccccc4)c3)c2c1. The van der Waals surface area contributed by atoms with Crippen LogP contribution in [-0.2, 0) is 0 Å². The van der Waals surface area contributed by atoms with E-state index in [0.717, 1.165) is 27.9 Å². The van der Waals surface area contributed by atoms with E-state index in [1.165, 1.54) is 86.4 Å². The molecule has 59 heavy (non-hydrogen) atoms. The van der Waals surface area contributed by atoms with Gasteiger partial charge >= 0.3 is 343 Å². The molecule has 0 aliphatic rings. The first-order valence-corrected chi connectivity index (χ1v) is 27.9. The van der Waals surface area contributed by atoms with Crippen LogP contribution in [-0.4, -0.2) is 13.3 Å². The van der Waals surface area contributed by atoms with Crippen molar-refractivity contribution in [1.82, 2.24) is 0 Å². The fourth-order valence-corrected chi connectivity index (χ4v) is 11.8. The van der Waals surface area contributed by atoms with E-state index in [9.17, 15) is 0 Å². The third-order valence-corrected chi connectivity index (χ3v) is 16.5. The standard InChI is InChI=1S/C57H42GeO/c1-58(2,3)43-30-31-49-51(36-43)54(42-33-40(37-18-6-4-7-19-37)32-41(34-42)38-20-8-5-9-21-38)47-26-14-15-27-48(47)55(49)56-50-28-16-17-29-53(50)59-57(56)52-35-39-22-10-11-23-44(39)45-24-12-13-25-46(45)52/h4-36H,1-3H3. The van der Waals surface area contributed by atoms with Gasteiger partial charge in [-0.15, -0.1) is 0 Å². The van der Waals surface area contributed by atoms with Gasteiger partial charge in [-0.1, -0.05) is 6.07 Å². The molecule has 1 heterocycles. The monoisotopic (exact) mass is 816 g/mol. The number of rotatable bonds is 6. The van der Waals surface area contributed by atoms with Gasteiger partial charge in [0.15, 0.2) is 0 Å². The summed E-state index contributed by atoms with van der Waals surface area (Å²) in [5.74, 6) is 8.40. The molecule has 0 radical (unpaired) electrons. The van der Waals surface area contributed by atoms with Crippen molar-refractivity contribution in [2.75, 3.05) is 0 Å². The molecular weight excluding hydrogens is 773 g/mol. The van der Waals surface area contributed by atoms with Gasteiger partial charge in [0.05, 0.1) is 0 Å². The van der Waals surface area contributed by atoms with E-state index in [4.69, 9.17) is 4.42 Å². The molecule has 0 aliphatic carbocycles. The topological polar surface area (TPSA) is 13.1 Å². The number of para-hydroxylation sites is 1. The Morgan fingerprint density at radius 2 is 0.831 bits per heavy atom. The zero-order valence-corrected chi connectivity index (χ0v) is 35.6. The number of furan rings is 1. The molecule has 280 valence electrons. The normalized spacial score (nSPS) is 12.0. The van der Waals surface area contributed by atoms with Crippen molar-refractivity contribution >= 4 is 71.7 Å². The Hall–Kier alpha value is -6.68. The third-order valence-electron chi connectivity index (χ3n) is 12.2. The maximum atomic E-state index is 7.13. The van der Waals surface area contributed by atoms with Gasteiger partial charge in [0, 0.05) is 0 Å². The van der Waals surface area contributed by atoms with Crippen LogP contribution >= 0.6 is 0 Å². The Morgan fingerprint density at radius 1 is 0.322 bits per heavy atom. The summed E-state index contributed by atoms with van der Waals surface area (Å²) < 4.78 is 8.61. The first-order valence-electron chi connectivity index (χ1n) is 20.6. The van der Waals surface area contributed by atoms with Gasteiger partial charge in [0.2, 0.25) is 0 Å². The molecule has 0 fully saturated rings. The molecule has 2 heteroatoms. The zero-order valence-electron chi connectivity index (χ0n) is 33.5. The molecule has 11 rings (SSSR count). The fraction of sp³-hybridized carbons (Fsp3) is 0.0526. The van der Waals surface area contributed by atoms with Crippen LogP contribution in [0.15, 0.2) is 205 Å². The van der Waals surface area contributed by atoms with Gasteiger partial charge < -0.3 is 0 Å². The number of fused-ring (bicyclic) bond motifs is 6. The van der Waals surface area contributed by atoms with Gasteiger partial charge in [0.1, 0.15) is 0 Å². The second kappa shape index (κ2) is 14.0. The Morgan fingerprint density at radius 3 is 1.49 bits per heavy atom. The van der Waals surface area contributed by atoms with Crippen LogP contribution in [0.25, 0.3) is 110 Å². The van der Waals surface area contributed by atoms with Crippen molar-refractivity contribution in [2.45, 2.75) is 17.3 Å². The Labute approximate surface area is 347 Å². The van der Waals surface area contributed by atoms with Crippen molar-refractivity contribution in [3.63, 3.8) is 0 Å². The van der Waals surface area contributed by atoms with Crippen molar-refractivity contribution in [1.29, 1.82) is 0 Å². The average molecular weight is 816 g/mol. The predicted octanol–water partition coefficient (Wildman–Crippen LogP) is 15.9. The zero-order chi connectivity index (χ0) is 39.7. The van der Waals surface area contributed by atoms with Crippen LogP contribution in [0.4, 0.5) is 0 Å². The van der Waals surface area contributed by atoms with Crippen LogP contribution < -0.4 is 4.40 Å². The van der Waals surface area contributed by atoms with Crippen molar-refractivity contribution in [3.8, 4) is 55.8 Å². The van der Waals surface area contributed by atoms with Gasteiger partial charge in [-0.25, -0.2) is 0 Å². The minimum atomic E-state index is -2.32. The van der Waals surface area contributed by atoms with Gasteiger partial charge in [-0.2, -0.15) is 0 Å². The van der Waals surface area contributed by atoms with Crippen LogP contribution in [0.3, 0.4) is 0 Å². The molecular formula is C57H42GeO. The Bertz CT molecular complexity index is 3350. The van der Waals surface area contributed by atoms with Crippen LogP contribution in [0.5, 0.6) is 0 Å². The van der Waals surface area contributed by atoms with E-state index in [1.807, 2.05) is 0 Å². The average Bonchev–Trinajstić information content (AvgIpc) is 3.66. The molecule has 0 saturated heterocycles. The number of hydrogen-bond acceptors (Lipinski definition) is 1. The number of hydrogen-bond donors (Lipinski definition) is 0. The second-order valence-electron chi connectivity index (χ2n) is 16.8. The molecule has 0 aliphatic heterocycles. The van der Waals surface area contributed by atoms with E-state index in [2.05, 4.69) is 217 Å².